The van der Waals surface area contributed by atoms with Crippen molar-refractivity contribution in [2.24, 2.45) is 0 Å². The maximum absolute atomic E-state index is 8.81. The third-order valence-electron chi connectivity index (χ3n) is 0. The van der Waals surface area contributed by atoms with E-state index >= 15 is 0 Å². The van der Waals surface area contributed by atoms with E-state index in [4.69, 9.17) is 4.79 Å². The van der Waals surface area contributed by atoms with Gasteiger partial charge < -0.3 is 4.79 Å². The first-order chi connectivity index (χ1) is 1.41. The van der Waals surface area contributed by atoms with Crippen molar-refractivity contribution in [2.75, 3.05) is 0 Å². The Labute approximate surface area is 83.7 Å². The van der Waals surface area contributed by atoms with Crippen LogP contribution in [-0.4, -0.2) is 51.8 Å². The van der Waals surface area contributed by atoms with Crippen LogP contribution in [0.1, 0.15) is 6.92 Å². The molecule has 0 bridgehead atoms. The quantitative estimate of drug-likeness (QED) is 0.356. The Morgan fingerprint density at radius 3 is 1.60 bits per heavy atom. The van der Waals surface area contributed by atoms with Gasteiger partial charge in [-0.05, 0) is 6.92 Å². The molecule has 0 saturated carbocycles. The second-order valence-corrected chi connectivity index (χ2v) is 0.236. The molecular formula is C2H6OSrTi. The summed E-state index contributed by atoms with van der Waals surface area (Å²) in [4.78, 5) is 8.81. The van der Waals surface area contributed by atoms with Crippen molar-refractivity contribution in [3.63, 3.8) is 0 Å². The Balaban J connectivity index is -0.0000000200. The van der Waals surface area contributed by atoms with Crippen molar-refractivity contribution in [1.29, 1.82) is 0 Å². The molecule has 5 heavy (non-hydrogen) atoms. The second-order valence-electron chi connectivity index (χ2n) is 0.236. The number of carbonyl (C=O) groups excluding carboxylic acids is 1. The minimum Gasteiger partial charge on any atom is 0 e. The Kier molecular flexibility index (Phi) is 53.5. The zero-order valence-electron chi connectivity index (χ0n) is 2.49. The van der Waals surface area contributed by atoms with Crippen molar-refractivity contribution < 1.29 is 26.5 Å². The average Bonchev–Trinajstić information content (AvgIpc) is 0.918. The van der Waals surface area contributed by atoms with Gasteiger partial charge in [0.25, 0.3) is 0 Å². The molecule has 0 radical (unpaired) electrons. The van der Waals surface area contributed by atoms with E-state index in [0.29, 0.717) is 0 Å². The number of rotatable bonds is 0. The fourth-order valence-corrected chi connectivity index (χ4v) is 0. The van der Waals surface area contributed by atoms with E-state index < -0.39 is 0 Å². The summed E-state index contributed by atoms with van der Waals surface area (Å²) in [5.74, 6) is 0. The summed E-state index contributed by atoms with van der Waals surface area (Å²) in [5.41, 5.74) is 0. The number of hydrogen-bond donors (Lipinski definition) is 0. The van der Waals surface area contributed by atoms with Crippen LogP contribution < -0.4 is 0 Å². The molecule has 26 valence electrons. The van der Waals surface area contributed by atoms with Gasteiger partial charge in [-0.25, -0.2) is 0 Å². The molecule has 0 atom stereocenters. The Bertz CT molecular complexity index is 17.1. The number of carbonyl (C=O) groups is 1. The second kappa shape index (κ2) is 16.9. The van der Waals surface area contributed by atoms with Gasteiger partial charge in [0.1, 0.15) is 6.29 Å². The van der Waals surface area contributed by atoms with Crippen LogP contribution in [0.4, 0.5) is 0 Å². The third-order valence-corrected chi connectivity index (χ3v) is 0. The minimum atomic E-state index is 0. The van der Waals surface area contributed by atoms with Crippen molar-refractivity contribution in [2.45, 2.75) is 6.92 Å². The fraction of sp³-hybridized carbons (Fsp3) is 0.500. The molecule has 0 N–H and O–H groups in total. The molecule has 0 aliphatic rings. The predicted molar refractivity (Wildman–Crippen MR) is 20.3 cm³/mol. The molecule has 0 aromatic rings. The third kappa shape index (κ3) is 25.2. The first kappa shape index (κ1) is 15.8. The SMILES string of the molecule is CC=O.[SrH2].[Ti]. The topological polar surface area (TPSA) is 17.1 Å². The Morgan fingerprint density at radius 1 is 1.60 bits per heavy atom. The van der Waals surface area contributed by atoms with Gasteiger partial charge in [0.05, 0.1) is 0 Å². The van der Waals surface area contributed by atoms with Crippen molar-refractivity contribution in [3.8, 4) is 0 Å². The molecule has 0 saturated heterocycles. The van der Waals surface area contributed by atoms with Crippen LogP contribution >= 0.6 is 0 Å². The molecule has 0 amide bonds. The molecule has 0 aliphatic heterocycles. The van der Waals surface area contributed by atoms with Crippen molar-refractivity contribution >= 4 is 51.8 Å². The summed E-state index contributed by atoms with van der Waals surface area (Å²) >= 11 is 0. The first-order valence-electron chi connectivity index (χ1n) is 0.813. The van der Waals surface area contributed by atoms with Gasteiger partial charge in [0, 0.05) is 21.7 Å². The molecule has 0 unspecified atom stereocenters. The smallest absolute Gasteiger partial charge is 0 e. The van der Waals surface area contributed by atoms with E-state index in [-0.39, 0.29) is 67.2 Å². The van der Waals surface area contributed by atoms with Gasteiger partial charge in [-0.1, -0.05) is 0 Å². The van der Waals surface area contributed by atoms with E-state index in [1.807, 2.05) is 0 Å². The number of aldehydes is 1. The van der Waals surface area contributed by atoms with E-state index in [9.17, 15) is 0 Å². The van der Waals surface area contributed by atoms with Crippen LogP contribution in [0, 0.1) is 0 Å². The molecule has 0 rings (SSSR count). The van der Waals surface area contributed by atoms with Gasteiger partial charge in [0.2, 0.25) is 0 Å². The molecule has 0 heterocycles. The van der Waals surface area contributed by atoms with Crippen molar-refractivity contribution in [1.82, 2.24) is 0 Å². The molecular weight excluding hydrogens is 176 g/mol. The van der Waals surface area contributed by atoms with Gasteiger partial charge >= 0.3 is 45.5 Å². The van der Waals surface area contributed by atoms with Gasteiger partial charge in [-0.2, -0.15) is 0 Å². The monoisotopic (exact) mass is 182 g/mol. The van der Waals surface area contributed by atoms with Gasteiger partial charge in [-0.15, -0.1) is 0 Å². The minimum absolute atomic E-state index is 0. The molecule has 1 nitrogen and oxygen atoms in total. The largest absolute Gasteiger partial charge is 0 e. The predicted octanol–water partition coefficient (Wildman–Crippen LogP) is -0.713. The van der Waals surface area contributed by atoms with Crippen LogP contribution in [-0.2, 0) is 26.5 Å². The normalized spacial score (nSPS) is 2.60. The summed E-state index contributed by atoms with van der Waals surface area (Å²) in [6.45, 7) is 1.44. The Morgan fingerprint density at radius 2 is 1.60 bits per heavy atom. The van der Waals surface area contributed by atoms with Crippen LogP contribution in [0.5, 0.6) is 0 Å². The summed E-state index contributed by atoms with van der Waals surface area (Å²) in [5, 5.41) is 0. The molecule has 0 spiro atoms. The summed E-state index contributed by atoms with van der Waals surface area (Å²) < 4.78 is 0. The maximum Gasteiger partial charge on any atom is 0 e. The van der Waals surface area contributed by atoms with Crippen LogP contribution in [0.2, 0.25) is 0 Å². The molecule has 0 fully saturated rings. The van der Waals surface area contributed by atoms with E-state index in [0.717, 1.165) is 6.29 Å². The summed E-state index contributed by atoms with van der Waals surface area (Å²) in [7, 11) is 0. The maximum atomic E-state index is 8.81. The average molecular weight is 182 g/mol. The molecule has 3 heteroatoms. The van der Waals surface area contributed by atoms with Crippen LogP contribution in [0.15, 0.2) is 0 Å². The van der Waals surface area contributed by atoms with Crippen LogP contribution in [0.3, 0.4) is 0 Å². The number of hydrogen-bond acceptors (Lipinski definition) is 1. The van der Waals surface area contributed by atoms with Crippen LogP contribution in [0.25, 0.3) is 0 Å². The van der Waals surface area contributed by atoms with E-state index in [1.54, 1.807) is 0 Å². The van der Waals surface area contributed by atoms with Crippen molar-refractivity contribution in [3.05, 3.63) is 0 Å². The van der Waals surface area contributed by atoms with E-state index in [1.165, 1.54) is 6.92 Å². The Hall–Kier alpha value is 1.86. The summed E-state index contributed by atoms with van der Waals surface area (Å²) in [6.07, 6.45) is 0.750. The fourth-order valence-electron chi connectivity index (χ4n) is 0. The molecule has 0 aromatic carbocycles. The zero-order valence-corrected chi connectivity index (χ0v) is 4.05. The summed E-state index contributed by atoms with van der Waals surface area (Å²) in [6, 6.07) is 0. The standard InChI is InChI=1S/C2H4O.Sr.Ti.2H/c1-2-3;;;;/h2H,1H3;;;;. The van der Waals surface area contributed by atoms with E-state index in [2.05, 4.69) is 0 Å². The van der Waals surface area contributed by atoms with Gasteiger partial charge in [-0.3, -0.25) is 0 Å². The first-order valence-corrected chi connectivity index (χ1v) is 0.813. The van der Waals surface area contributed by atoms with Gasteiger partial charge in [0.15, 0.2) is 0 Å². The zero-order chi connectivity index (χ0) is 2.71. The molecule has 0 aliphatic carbocycles. The molecule has 0 aromatic heterocycles.